The van der Waals surface area contributed by atoms with Crippen LogP contribution in [0.25, 0.3) is 0 Å². The van der Waals surface area contributed by atoms with Gasteiger partial charge in [-0.2, -0.15) is 0 Å². The molecule has 2 saturated heterocycles. The van der Waals surface area contributed by atoms with E-state index in [-0.39, 0.29) is 30.4 Å². The van der Waals surface area contributed by atoms with Crippen molar-refractivity contribution in [3.05, 3.63) is 54.6 Å². The highest BCUT2D eigenvalue weighted by Gasteiger charge is 2.72. The molecule has 8 nitrogen and oxygen atoms in total. The molecule has 8 heteroatoms. The van der Waals surface area contributed by atoms with Gasteiger partial charge >= 0.3 is 0 Å². The molecule has 0 bridgehead atoms. The van der Waals surface area contributed by atoms with Crippen molar-refractivity contribution in [2.45, 2.75) is 63.4 Å². The predicted octanol–water partition coefficient (Wildman–Crippen LogP) is 2.14. The number of ether oxygens (including phenoxy) is 1. The highest BCUT2D eigenvalue weighted by Crippen LogP contribution is 2.54. The summed E-state index contributed by atoms with van der Waals surface area (Å²) in [7, 11) is 0. The first-order valence-electron chi connectivity index (χ1n) is 13.0. The summed E-state index contributed by atoms with van der Waals surface area (Å²) >= 11 is 0. The summed E-state index contributed by atoms with van der Waals surface area (Å²) < 4.78 is 6.64. The van der Waals surface area contributed by atoms with Crippen molar-refractivity contribution in [2.24, 2.45) is 11.8 Å². The number of carbonyl (C=O) groups excluding carboxylic acids is 3. The average molecular weight is 494 g/mol. The molecule has 0 saturated carbocycles. The molecule has 0 aliphatic carbocycles. The number of benzene rings is 1. The van der Waals surface area contributed by atoms with E-state index >= 15 is 0 Å². The Balaban J connectivity index is 1.60. The van der Waals surface area contributed by atoms with Crippen molar-refractivity contribution in [3.8, 4) is 0 Å². The molecule has 7 atom stereocenters. The Morgan fingerprint density at radius 1 is 1.03 bits per heavy atom. The van der Waals surface area contributed by atoms with E-state index in [1.54, 1.807) is 16.7 Å². The second-order valence-electron chi connectivity index (χ2n) is 10.4. The lowest BCUT2D eigenvalue weighted by Gasteiger charge is -2.39. The minimum absolute atomic E-state index is 0.00952. The number of aliphatic hydroxyl groups is 1. The molecule has 1 aromatic rings. The van der Waals surface area contributed by atoms with Crippen molar-refractivity contribution < 1.29 is 24.2 Å². The van der Waals surface area contributed by atoms with Gasteiger partial charge in [-0.3, -0.25) is 14.4 Å². The van der Waals surface area contributed by atoms with Gasteiger partial charge in [0.15, 0.2) is 0 Å². The summed E-state index contributed by atoms with van der Waals surface area (Å²) in [6.45, 7) is 6.34. The Morgan fingerprint density at radius 2 is 1.78 bits per heavy atom. The zero-order valence-electron chi connectivity index (χ0n) is 21.1. The fraction of sp³-hybridized carbons (Fsp3) is 0.536. The Kier molecular flexibility index (Phi) is 6.51. The van der Waals surface area contributed by atoms with Gasteiger partial charge in [0.2, 0.25) is 17.7 Å². The maximum atomic E-state index is 14.1. The average Bonchev–Trinajstić information content (AvgIpc) is 3.20. The maximum Gasteiger partial charge on any atom is 0.249 e. The number of hydrogen-bond acceptors (Lipinski definition) is 5. The number of hydrogen-bond donors (Lipinski definition) is 1. The molecular weight excluding hydrogens is 458 g/mol. The van der Waals surface area contributed by atoms with Gasteiger partial charge in [-0.1, -0.05) is 55.8 Å². The van der Waals surface area contributed by atoms with E-state index in [1.165, 1.54) is 4.90 Å². The highest BCUT2D eigenvalue weighted by atomic mass is 16.5. The number of para-hydroxylation sites is 1. The normalized spacial score (nSPS) is 33.2. The van der Waals surface area contributed by atoms with Gasteiger partial charge in [0.05, 0.1) is 30.6 Å². The van der Waals surface area contributed by atoms with E-state index in [4.69, 9.17) is 4.74 Å². The minimum Gasteiger partial charge on any atom is -0.394 e. The molecule has 3 amide bonds. The van der Waals surface area contributed by atoms with Gasteiger partial charge in [0.1, 0.15) is 11.6 Å². The lowest BCUT2D eigenvalue weighted by Crippen LogP contribution is -2.58. The molecule has 1 aromatic carbocycles. The van der Waals surface area contributed by atoms with Crippen LogP contribution < -0.4 is 4.90 Å². The van der Waals surface area contributed by atoms with Crippen LogP contribution in [0.3, 0.4) is 0 Å². The van der Waals surface area contributed by atoms with Crippen LogP contribution in [0.1, 0.15) is 33.6 Å². The Morgan fingerprint density at radius 3 is 2.47 bits per heavy atom. The summed E-state index contributed by atoms with van der Waals surface area (Å²) in [4.78, 5) is 47.2. The quantitative estimate of drug-likeness (QED) is 0.614. The summed E-state index contributed by atoms with van der Waals surface area (Å²) in [6, 6.07) is 7.86. The number of anilines is 1. The SMILES string of the molecule is CCCC(C)N1CC=C[C@]23O[C@@H]4C=CCN(c5ccccc5)C(=O)[C@@H]4[C@H]2C(=O)N([C@H](C)CO)C3C1=O. The summed E-state index contributed by atoms with van der Waals surface area (Å²) in [5, 5.41) is 10.0. The molecule has 1 N–H and O–H groups in total. The van der Waals surface area contributed by atoms with Crippen LogP contribution in [-0.4, -0.2) is 82.2 Å². The van der Waals surface area contributed by atoms with Crippen molar-refractivity contribution in [1.29, 1.82) is 0 Å². The first-order valence-corrected chi connectivity index (χ1v) is 13.0. The molecule has 0 aromatic heterocycles. The second-order valence-corrected chi connectivity index (χ2v) is 10.4. The van der Waals surface area contributed by atoms with Crippen LogP contribution in [0.4, 0.5) is 5.69 Å². The number of amides is 3. The Hall–Kier alpha value is -2.97. The number of nitrogens with zero attached hydrogens (tertiary/aromatic N) is 3. The molecular formula is C28H35N3O5. The van der Waals surface area contributed by atoms with E-state index in [1.807, 2.05) is 61.6 Å². The fourth-order valence-electron chi connectivity index (χ4n) is 6.47. The zero-order valence-corrected chi connectivity index (χ0v) is 21.1. The maximum absolute atomic E-state index is 14.1. The molecule has 0 radical (unpaired) electrons. The predicted molar refractivity (Wildman–Crippen MR) is 135 cm³/mol. The van der Waals surface area contributed by atoms with Gasteiger partial charge < -0.3 is 24.5 Å². The third kappa shape index (κ3) is 3.61. The lowest BCUT2D eigenvalue weighted by atomic mass is 9.77. The van der Waals surface area contributed by atoms with Crippen molar-refractivity contribution >= 4 is 23.4 Å². The molecule has 1 spiro atoms. The number of carbonyl (C=O) groups is 3. The van der Waals surface area contributed by atoms with Crippen LogP contribution in [-0.2, 0) is 19.1 Å². The summed E-state index contributed by atoms with van der Waals surface area (Å²) in [5.74, 6) is -2.32. The Labute approximate surface area is 212 Å². The van der Waals surface area contributed by atoms with Crippen LogP contribution in [0.5, 0.6) is 0 Å². The van der Waals surface area contributed by atoms with E-state index in [0.717, 1.165) is 18.5 Å². The summed E-state index contributed by atoms with van der Waals surface area (Å²) in [6.07, 6.45) is 8.67. The van der Waals surface area contributed by atoms with Gasteiger partial charge in [0, 0.05) is 24.8 Å². The molecule has 2 fully saturated rings. The zero-order chi connectivity index (χ0) is 25.6. The summed E-state index contributed by atoms with van der Waals surface area (Å²) in [5.41, 5.74) is -0.517. The van der Waals surface area contributed by atoms with E-state index in [9.17, 15) is 19.5 Å². The third-order valence-electron chi connectivity index (χ3n) is 8.17. The highest BCUT2D eigenvalue weighted by molar-refractivity contribution is 6.04. The van der Waals surface area contributed by atoms with Gasteiger partial charge in [-0.05, 0) is 32.4 Å². The van der Waals surface area contributed by atoms with Crippen molar-refractivity contribution in [3.63, 3.8) is 0 Å². The van der Waals surface area contributed by atoms with Crippen LogP contribution in [0, 0.1) is 11.8 Å². The molecule has 192 valence electrons. The van der Waals surface area contributed by atoms with Gasteiger partial charge in [-0.15, -0.1) is 0 Å². The van der Waals surface area contributed by atoms with E-state index in [2.05, 4.69) is 6.92 Å². The molecule has 4 aliphatic heterocycles. The van der Waals surface area contributed by atoms with E-state index in [0.29, 0.717) is 13.1 Å². The number of aliphatic hydroxyl groups excluding tert-OH is 1. The smallest absolute Gasteiger partial charge is 0.249 e. The number of fused-ring (bicyclic) bond motifs is 2. The third-order valence-corrected chi connectivity index (χ3v) is 8.17. The van der Waals surface area contributed by atoms with Crippen LogP contribution in [0.2, 0.25) is 0 Å². The lowest BCUT2D eigenvalue weighted by molar-refractivity contribution is -0.151. The van der Waals surface area contributed by atoms with Crippen LogP contribution in [0.15, 0.2) is 54.6 Å². The second kappa shape index (κ2) is 9.48. The topological polar surface area (TPSA) is 90.4 Å². The molecule has 5 rings (SSSR count). The van der Waals surface area contributed by atoms with E-state index < -0.39 is 35.6 Å². The molecule has 4 aliphatic rings. The minimum atomic E-state index is -1.27. The van der Waals surface area contributed by atoms with Crippen LogP contribution >= 0.6 is 0 Å². The van der Waals surface area contributed by atoms with Crippen molar-refractivity contribution in [1.82, 2.24) is 9.80 Å². The standard InChI is InChI=1S/C28H35N3O5/c1-4-10-18(2)29-16-9-14-28-23(26(34)31(19(3)17-32)24(28)27(29)35)22-21(36-28)13-8-15-30(25(22)33)20-11-6-5-7-12-20/h5-9,11-14,18-19,21-24,32H,4,10,15-17H2,1-3H3/t18?,19-,21-,22+,23+,24?,28+/m1/s1. The fourth-order valence-corrected chi connectivity index (χ4v) is 6.47. The van der Waals surface area contributed by atoms with Gasteiger partial charge in [0.25, 0.3) is 0 Å². The first kappa shape index (κ1) is 24.7. The monoisotopic (exact) mass is 493 g/mol. The Bertz CT molecular complexity index is 1090. The first-order chi connectivity index (χ1) is 17.4. The number of rotatable bonds is 6. The molecule has 36 heavy (non-hydrogen) atoms. The number of likely N-dealkylation sites (tertiary alicyclic amines) is 1. The van der Waals surface area contributed by atoms with Crippen molar-refractivity contribution in [2.75, 3.05) is 24.6 Å². The van der Waals surface area contributed by atoms with Gasteiger partial charge in [-0.25, -0.2) is 0 Å². The molecule has 2 unspecified atom stereocenters. The largest absolute Gasteiger partial charge is 0.394 e. The molecule has 4 heterocycles.